The summed E-state index contributed by atoms with van der Waals surface area (Å²) >= 11 is 0. The van der Waals surface area contributed by atoms with Crippen LogP contribution in [0.5, 0.6) is 0 Å². The first kappa shape index (κ1) is 19.9. The number of halogens is 2. The van der Waals surface area contributed by atoms with E-state index in [4.69, 9.17) is 0 Å². The van der Waals surface area contributed by atoms with Gasteiger partial charge in [0.25, 0.3) is 11.6 Å². The lowest BCUT2D eigenvalue weighted by Crippen LogP contribution is -2.42. The van der Waals surface area contributed by atoms with Crippen LogP contribution in [0.4, 0.5) is 25.0 Å². The van der Waals surface area contributed by atoms with Gasteiger partial charge in [0.2, 0.25) is 5.91 Å². The highest BCUT2D eigenvalue weighted by Gasteiger charge is 2.49. The predicted octanol–water partition coefficient (Wildman–Crippen LogP) is 2.28. The van der Waals surface area contributed by atoms with Crippen molar-refractivity contribution >= 4 is 29.2 Å². The lowest BCUT2D eigenvalue weighted by molar-refractivity contribution is -0.384. The number of nitrogens with one attached hydrogen (secondary N) is 2. The van der Waals surface area contributed by atoms with Crippen molar-refractivity contribution in [2.75, 3.05) is 11.9 Å². The molecule has 2 aromatic carbocycles. The highest BCUT2D eigenvalue weighted by molar-refractivity contribution is 6.10. The molecule has 4 amide bonds. The maximum atomic E-state index is 13.2. The summed E-state index contributed by atoms with van der Waals surface area (Å²) in [6.07, 6.45) is 0. The molecular weight excluding hydrogens is 390 g/mol. The second kappa shape index (κ2) is 7.26. The molecular formula is C18H14F2N4O5. The van der Waals surface area contributed by atoms with Gasteiger partial charge in [-0.2, -0.15) is 0 Å². The van der Waals surface area contributed by atoms with Gasteiger partial charge in [0.05, 0.1) is 4.92 Å². The second-order valence-corrected chi connectivity index (χ2v) is 6.43. The number of amides is 4. The fraction of sp³-hybridized carbons (Fsp3) is 0.167. The van der Waals surface area contributed by atoms with Crippen LogP contribution in [0.1, 0.15) is 12.5 Å². The van der Waals surface area contributed by atoms with Crippen LogP contribution in [-0.2, 0) is 15.1 Å². The van der Waals surface area contributed by atoms with E-state index in [-0.39, 0.29) is 11.4 Å². The molecule has 1 saturated heterocycles. The largest absolute Gasteiger partial charge is 0.325 e. The van der Waals surface area contributed by atoms with E-state index in [1.54, 1.807) is 0 Å². The third-order valence-electron chi connectivity index (χ3n) is 4.44. The van der Waals surface area contributed by atoms with E-state index in [0.717, 1.165) is 18.2 Å². The standard InChI is InChI=1S/C18H14F2N4O5/c1-18(10-2-5-12(6-3-10)24(28)29)16(26)23(17(27)22-18)9-15(25)21-11-4-7-13(19)14(20)8-11/h2-8H,9H2,1H3,(H,21,25)(H,22,27)/t18-/m0/s1. The van der Waals surface area contributed by atoms with Crippen LogP contribution >= 0.6 is 0 Å². The van der Waals surface area contributed by atoms with Crippen molar-refractivity contribution in [3.63, 3.8) is 0 Å². The number of hydrogen-bond acceptors (Lipinski definition) is 5. The molecule has 29 heavy (non-hydrogen) atoms. The van der Waals surface area contributed by atoms with E-state index in [9.17, 15) is 33.3 Å². The molecule has 9 nitrogen and oxygen atoms in total. The summed E-state index contributed by atoms with van der Waals surface area (Å²) in [5.41, 5.74) is -1.45. The SMILES string of the molecule is C[C@@]1(c2ccc([N+](=O)[O-])cc2)NC(=O)N(CC(=O)Nc2ccc(F)c(F)c2)C1=O. The van der Waals surface area contributed by atoms with Gasteiger partial charge < -0.3 is 10.6 Å². The molecule has 0 unspecified atom stereocenters. The second-order valence-electron chi connectivity index (χ2n) is 6.43. The Morgan fingerprint density at radius 2 is 1.83 bits per heavy atom. The quantitative estimate of drug-likeness (QED) is 0.450. The summed E-state index contributed by atoms with van der Waals surface area (Å²) in [6.45, 7) is 0.744. The maximum Gasteiger partial charge on any atom is 0.325 e. The predicted molar refractivity (Wildman–Crippen MR) is 95.7 cm³/mol. The van der Waals surface area contributed by atoms with Gasteiger partial charge in [0.1, 0.15) is 12.1 Å². The van der Waals surface area contributed by atoms with Gasteiger partial charge in [-0.3, -0.25) is 24.6 Å². The molecule has 1 heterocycles. The van der Waals surface area contributed by atoms with Crippen molar-refractivity contribution in [3.8, 4) is 0 Å². The molecule has 11 heteroatoms. The maximum absolute atomic E-state index is 13.2. The topological polar surface area (TPSA) is 122 Å². The normalized spacial score (nSPS) is 18.5. The number of non-ortho nitro benzene ring substituents is 1. The summed E-state index contributed by atoms with van der Waals surface area (Å²) in [5, 5.41) is 15.5. The summed E-state index contributed by atoms with van der Waals surface area (Å²) in [5.74, 6) is -3.79. The molecule has 0 bridgehead atoms. The molecule has 0 aromatic heterocycles. The minimum atomic E-state index is -1.52. The molecule has 1 fully saturated rings. The zero-order valence-electron chi connectivity index (χ0n) is 14.9. The number of nitro groups is 1. The monoisotopic (exact) mass is 404 g/mol. The summed E-state index contributed by atoms with van der Waals surface area (Å²) in [6, 6.07) is 6.93. The number of rotatable bonds is 5. The van der Waals surface area contributed by atoms with Crippen LogP contribution in [0.15, 0.2) is 42.5 Å². The smallest absolute Gasteiger partial charge is 0.324 e. The van der Waals surface area contributed by atoms with Crippen LogP contribution in [0.25, 0.3) is 0 Å². The summed E-state index contributed by atoms with van der Waals surface area (Å²) < 4.78 is 26.2. The first-order chi connectivity index (χ1) is 13.6. The van der Waals surface area contributed by atoms with Gasteiger partial charge in [0, 0.05) is 23.9 Å². The minimum Gasteiger partial charge on any atom is -0.324 e. The molecule has 2 aromatic rings. The van der Waals surface area contributed by atoms with Crippen molar-refractivity contribution in [2.45, 2.75) is 12.5 Å². The van der Waals surface area contributed by atoms with Crippen molar-refractivity contribution in [1.82, 2.24) is 10.2 Å². The first-order valence-electron chi connectivity index (χ1n) is 8.26. The molecule has 1 aliphatic heterocycles. The lowest BCUT2D eigenvalue weighted by Gasteiger charge is -2.22. The number of nitrogens with zero attached hydrogens (tertiary/aromatic N) is 2. The Bertz CT molecular complexity index is 1030. The molecule has 3 rings (SSSR count). The first-order valence-corrected chi connectivity index (χ1v) is 8.26. The molecule has 150 valence electrons. The fourth-order valence-corrected chi connectivity index (χ4v) is 2.87. The zero-order chi connectivity index (χ0) is 21.3. The molecule has 0 saturated carbocycles. The number of imide groups is 1. The Balaban J connectivity index is 1.74. The third-order valence-corrected chi connectivity index (χ3v) is 4.44. The van der Waals surface area contributed by atoms with Gasteiger partial charge in [-0.05, 0) is 36.8 Å². The Morgan fingerprint density at radius 1 is 1.17 bits per heavy atom. The number of hydrogen-bond donors (Lipinski definition) is 2. The Morgan fingerprint density at radius 3 is 2.41 bits per heavy atom. The van der Waals surface area contributed by atoms with E-state index < -0.39 is 46.5 Å². The van der Waals surface area contributed by atoms with Crippen LogP contribution in [-0.4, -0.2) is 34.2 Å². The molecule has 0 spiro atoms. The number of urea groups is 1. The van der Waals surface area contributed by atoms with Crippen molar-refractivity contribution in [3.05, 3.63) is 69.8 Å². The number of benzene rings is 2. The van der Waals surface area contributed by atoms with Crippen LogP contribution in [0.3, 0.4) is 0 Å². The molecule has 0 radical (unpaired) electrons. The van der Waals surface area contributed by atoms with E-state index in [2.05, 4.69) is 10.6 Å². The molecule has 2 N–H and O–H groups in total. The van der Waals surface area contributed by atoms with Crippen molar-refractivity contribution < 1.29 is 28.1 Å². The zero-order valence-corrected chi connectivity index (χ0v) is 14.9. The van der Waals surface area contributed by atoms with Crippen molar-refractivity contribution in [1.29, 1.82) is 0 Å². The van der Waals surface area contributed by atoms with Gasteiger partial charge in [-0.25, -0.2) is 13.6 Å². The number of carbonyl (C=O) groups is 3. The molecule has 1 atom stereocenters. The van der Waals surface area contributed by atoms with E-state index in [1.807, 2.05) is 0 Å². The van der Waals surface area contributed by atoms with Crippen LogP contribution in [0.2, 0.25) is 0 Å². The minimum absolute atomic E-state index is 0.0425. The Kier molecular flexibility index (Phi) is 4.97. The van der Waals surface area contributed by atoms with Gasteiger partial charge in [-0.1, -0.05) is 0 Å². The Hall–Kier alpha value is -3.89. The average molecular weight is 404 g/mol. The van der Waals surface area contributed by atoms with Gasteiger partial charge >= 0.3 is 6.03 Å². The molecule has 1 aliphatic rings. The fourth-order valence-electron chi connectivity index (χ4n) is 2.87. The lowest BCUT2D eigenvalue weighted by atomic mass is 9.92. The van der Waals surface area contributed by atoms with Gasteiger partial charge in [-0.15, -0.1) is 0 Å². The van der Waals surface area contributed by atoms with Crippen molar-refractivity contribution in [2.24, 2.45) is 0 Å². The van der Waals surface area contributed by atoms with Crippen LogP contribution < -0.4 is 10.6 Å². The van der Waals surface area contributed by atoms with E-state index in [1.165, 1.54) is 31.2 Å². The molecule has 0 aliphatic carbocycles. The van der Waals surface area contributed by atoms with E-state index in [0.29, 0.717) is 10.5 Å². The summed E-state index contributed by atoms with van der Waals surface area (Å²) in [4.78, 5) is 48.0. The summed E-state index contributed by atoms with van der Waals surface area (Å²) in [7, 11) is 0. The number of anilines is 1. The number of carbonyl (C=O) groups excluding carboxylic acids is 3. The average Bonchev–Trinajstić information content (AvgIpc) is 2.89. The highest BCUT2D eigenvalue weighted by atomic mass is 19.2. The van der Waals surface area contributed by atoms with Crippen LogP contribution in [0, 0.1) is 21.7 Å². The van der Waals surface area contributed by atoms with Gasteiger partial charge in [0.15, 0.2) is 11.6 Å². The van der Waals surface area contributed by atoms with E-state index >= 15 is 0 Å². The number of nitro benzene ring substituents is 1. The Labute approximate surface area is 162 Å². The third kappa shape index (κ3) is 3.74. The highest BCUT2D eigenvalue weighted by Crippen LogP contribution is 2.30.